The molecule has 0 spiro atoms. The van der Waals surface area contributed by atoms with Crippen LogP contribution in [0.3, 0.4) is 0 Å². The van der Waals surface area contributed by atoms with Crippen LogP contribution in [-0.4, -0.2) is 22.0 Å². The van der Waals surface area contributed by atoms with Crippen molar-refractivity contribution in [3.05, 3.63) is 17.2 Å². The lowest BCUT2D eigenvalue weighted by Gasteiger charge is -1.97. The first-order chi connectivity index (χ1) is 7.61. The Morgan fingerprint density at radius 1 is 1.62 bits per heavy atom. The molecule has 0 aliphatic carbocycles. The number of aliphatic carboxylic acids is 1. The van der Waals surface area contributed by atoms with Crippen LogP contribution in [0.4, 0.5) is 5.13 Å². The van der Waals surface area contributed by atoms with E-state index >= 15 is 0 Å². The molecule has 0 aliphatic rings. The van der Waals surface area contributed by atoms with Crippen molar-refractivity contribution in [2.24, 2.45) is 0 Å². The molecule has 1 amide bonds. The number of carboxylic acid groups (broad SMARTS) is 1. The maximum atomic E-state index is 11.2. The van der Waals surface area contributed by atoms with E-state index in [1.807, 2.05) is 6.92 Å². The normalized spacial score (nSPS) is 10.6. The zero-order valence-electron chi connectivity index (χ0n) is 8.77. The highest BCUT2D eigenvalue weighted by Gasteiger charge is 2.04. The summed E-state index contributed by atoms with van der Waals surface area (Å²) in [5.74, 6) is -1.09. The van der Waals surface area contributed by atoms with E-state index in [0.717, 1.165) is 12.5 Å². The van der Waals surface area contributed by atoms with Gasteiger partial charge in [-0.25, -0.2) is 9.78 Å². The Morgan fingerprint density at radius 2 is 2.38 bits per heavy atom. The van der Waals surface area contributed by atoms with Crippen molar-refractivity contribution in [1.29, 1.82) is 0 Å². The van der Waals surface area contributed by atoms with E-state index in [9.17, 15) is 9.59 Å². The summed E-state index contributed by atoms with van der Waals surface area (Å²) in [7, 11) is 0. The molecule has 0 saturated heterocycles. The summed E-state index contributed by atoms with van der Waals surface area (Å²) in [6.45, 7) is 1.92. The fraction of sp³-hybridized carbons (Fsp3) is 0.300. The molecule has 2 N–H and O–H groups in total. The minimum Gasteiger partial charge on any atom is -0.478 e. The predicted molar refractivity (Wildman–Crippen MR) is 62.3 cm³/mol. The Kier molecular flexibility index (Phi) is 4.65. The summed E-state index contributed by atoms with van der Waals surface area (Å²) in [6, 6.07) is 0. The van der Waals surface area contributed by atoms with Gasteiger partial charge in [-0.3, -0.25) is 4.79 Å². The predicted octanol–water partition coefficient (Wildman–Crippen LogP) is 1.98. The molecule has 0 fully saturated rings. The third-order valence-electron chi connectivity index (χ3n) is 1.64. The standard InChI is InChI=1S/C10H12N2O3S/c1-2-3-8(13)12-10-11-6-7(16-10)4-5-9(14)15/h4-6H,2-3H2,1H3,(H,14,15)(H,11,12,13). The summed E-state index contributed by atoms with van der Waals surface area (Å²) in [4.78, 5) is 26.1. The van der Waals surface area contributed by atoms with E-state index in [1.165, 1.54) is 23.6 Å². The quantitative estimate of drug-likeness (QED) is 0.771. The molecule has 0 saturated carbocycles. The van der Waals surface area contributed by atoms with E-state index in [-0.39, 0.29) is 5.91 Å². The average Bonchev–Trinajstić information content (AvgIpc) is 2.63. The number of carbonyl (C=O) groups is 2. The summed E-state index contributed by atoms with van der Waals surface area (Å²) in [5.41, 5.74) is 0. The van der Waals surface area contributed by atoms with Gasteiger partial charge in [0.2, 0.25) is 5.91 Å². The Morgan fingerprint density at radius 3 is 3.00 bits per heavy atom. The third-order valence-corrected chi connectivity index (χ3v) is 2.52. The molecule has 5 nitrogen and oxygen atoms in total. The summed E-state index contributed by atoms with van der Waals surface area (Å²) in [6.07, 6.45) is 5.23. The Labute approximate surface area is 96.8 Å². The van der Waals surface area contributed by atoms with Gasteiger partial charge in [-0.2, -0.15) is 0 Å². The number of aromatic nitrogens is 1. The van der Waals surface area contributed by atoms with Crippen LogP contribution in [0.5, 0.6) is 0 Å². The average molecular weight is 240 g/mol. The van der Waals surface area contributed by atoms with Crippen molar-refractivity contribution in [3.63, 3.8) is 0 Å². The Hall–Kier alpha value is -1.69. The van der Waals surface area contributed by atoms with Crippen LogP contribution < -0.4 is 5.32 Å². The summed E-state index contributed by atoms with van der Waals surface area (Å²) < 4.78 is 0. The maximum Gasteiger partial charge on any atom is 0.328 e. The molecule has 0 bridgehead atoms. The molecule has 1 rings (SSSR count). The van der Waals surface area contributed by atoms with Gasteiger partial charge in [-0.15, -0.1) is 0 Å². The van der Waals surface area contributed by atoms with Crippen LogP contribution in [0.1, 0.15) is 24.6 Å². The van der Waals surface area contributed by atoms with E-state index in [4.69, 9.17) is 5.11 Å². The Bertz CT molecular complexity index is 412. The highest BCUT2D eigenvalue weighted by atomic mass is 32.1. The molecule has 0 atom stereocenters. The number of hydrogen-bond donors (Lipinski definition) is 2. The largest absolute Gasteiger partial charge is 0.478 e. The zero-order valence-corrected chi connectivity index (χ0v) is 9.58. The molecule has 1 heterocycles. The highest BCUT2D eigenvalue weighted by Crippen LogP contribution is 2.19. The SMILES string of the molecule is CCCC(=O)Nc1ncc(C=CC(=O)O)s1. The van der Waals surface area contributed by atoms with Gasteiger partial charge in [0.1, 0.15) is 0 Å². The number of nitrogens with one attached hydrogen (secondary N) is 1. The van der Waals surface area contributed by atoms with Crippen molar-refractivity contribution in [2.75, 3.05) is 5.32 Å². The zero-order chi connectivity index (χ0) is 12.0. The lowest BCUT2D eigenvalue weighted by molar-refractivity contribution is -0.131. The van der Waals surface area contributed by atoms with Crippen molar-refractivity contribution in [3.8, 4) is 0 Å². The molecule has 16 heavy (non-hydrogen) atoms. The second-order valence-electron chi connectivity index (χ2n) is 3.04. The molecule has 1 aromatic heterocycles. The number of amides is 1. The smallest absolute Gasteiger partial charge is 0.328 e. The van der Waals surface area contributed by atoms with E-state index < -0.39 is 5.97 Å². The third kappa shape index (κ3) is 4.22. The highest BCUT2D eigenvalue weighted by molar-refractivity contribution is 7.16. The van der Waals surface area contributed by atoms with E-state index in [2.05, 4.69) is 10.3 Å². The van der Waals surface area contributed by atoms with Gasteiger partial charge >= 0.3 is 5.97 Å². The lowest BCUT2D eigenvalue weighted by Crippen LogP contribution is -2.09. The number of carboxylic acids is 1. The topological polar surface area (TPSA) is 79.3 Å². The first-order valence-electron chi connectivity index (χ1n) is 4.78. The number of rotatable bonds is 5. The molecular weight excluding hydrogens is 228 g/mol. The number of hydrogen-bond acceptors (Lipinski definition) is 4. The van der Waals surface area contributed by atoms with Crippen molar-refractivity contribution >= 4 is 34.4 Å². The van der Waals surface area contributed by atoms with Crippen LogP contribution in [0, 0.1) is 0 Å². The van der Waals surface area contributed by atoms with Crippen LogP contribution in [-0.2, 0) is 9.59 Å². The van der Waals surface area contributed by atoms with Crippen molar-refractivity contribution in [1.82, 2.24) is 4.98 Å². The first-order valence-corrected chi connectivity index (χ1v) is 5.60. The van der Waals surface area contributed by atoms with Crippen LogP contribution in [0.2, 0.25) is 0 Å². The molecule has 1 aromatic rings. The number of thiazole rings is 1. The molecule has 86 valence electrons. The Balaban J connectivity index is 2.58. The fourth-order valence-electron chi connectivity index (χ4n) is 0.984. The molecule has 0 unspecified atom stereocenters. The molecule has 0 radical (unpaired) electrons. The van der Waals surface area contributed by atoms with Gasteiger partial charge in [0, 0.05) is 23.6 Å². The van der Waals surface area contributed by atoms with E-state index in [0.29, 0.717) is 16.4 Å². The minimum absolute atomic E-state index is 0.0781. The number of nitrogens with zero attached hydrogens (tertiary/aromatic N) is 1. The minimum atomic E-state index is -1.01. The monoisotopic (exact) mass is 240 g/mol. The van der Waals surface area contributed by atoms with Crippen molar-refractivity contribution in [2.45, 2.75) is 19.8 Å². The number of carbonyl (C=O) groups excluding carboxylic acids is 1. The van der Waals surface area contributed by atoms with Gasteiger partial charge in [-0.05, 0) is 12.5 Å². The lowest BCUT2D eigenvalue weighted by atomic mass is 10.3. The number of anilines is 1. The first kappa shape index (κ1) is 12.4. The van der Waals surface area contributed by atoms with E-state index in [1.54, 1.807) is 0 Å². The van der Waals surface area contributed by atoms with Gasteiger partial charge in [0.05, 0.1) is 0 Å². The van der Waals surface area contributed by atoms with Crippen LogP contribution in [0.25, 0.3) is 6.08 Å². The van der Waals surface area contributed by atoms with Crippen LogP contribution >= 0.6 is 11.3 Å². The maximum absolute atomic E-state index is 11.2. The fourth-order valence-corrected chi connectivity index (χ4v) is 1.72. The van der Waals surface area contributed by atoms with Crippen LogP contribution in [0.15, 0.2) is 12.3 Å². The molecule has 0 aromatic carbocycles. The summed E-state index contributed by atoms with van der Waals surface area (Å²) in [5, 5.41) is 11.6. The van der Waals surface area contributed by atoms with Gasteiger partial charge < -0.3 is 10.4 Å². The van der Waals surface area contributed by atoms with Gasteiger partial charge in [0.25, 0.3) is 0 Å². The van der Waals surface area contributed by atoms with Gasteiger partial charge in [0.15, 0.2) is 5.13 Å². The second kappa shape index (κ2) is 6.02. The molecule has 6 heteroatoms. The molecule has 0 aliphatic heterocycles. The van der Waals surface area contributed by atoms with Gasteiger partial charge in [-0.1, -0.05) is 18.3 Å². The second-order valence-corrected chi connectivity index (χ2v) is 4.10. The van der Waals surface area contributed by atoms with Crippen molar-refractivity contribution < 1.29 is 14.7 Å². The molecular formula is C10H12N2O3S. The summed E-state index contributed by atoms with van der Waals surface area (Å²) >= 11 is 1.24.